The van der Waals surface area contributed by atoms with Crippen LogP contribution >= 0.6 is 47.8 Å². The SMILES string of the molecule is CC(C)C(CCBr)NC(=O)c1cc(Br)cc(Br)c1. The Morgan fingerprint density at radius 3 is 2.22 bits per heavy atom. The molecule has 0 spiro atoms. The fourth-order valence-corrected chi connectivity index (χ4v) is 3.41. The minimum absolute atomic E-state index is 0.0309. The Hall–Kier alpha value is 0.130. The Morgan fingerprint density at radius 1 is 1.22 bits per heavy atom. The number of carbonyl (C=O) groups is 1. The minimum Gasteiger partial charge on any atom is -0.349 e. The summed E-state index contributed by atoms with van der Waals surface area (Å²) in [5.41, 5.74) is 0.663. The van der Waals surface area contributed by atoms with Crippen LogP contribution in [0.1, 0.15) is 30.6 Å². The molecular weight excluding hydrogens is 426 g/mol. The zero-order valence-electron chi connectivity index (χ0n) is 10.3. The summed E-state index contributed by atoms with van der Waals surface area (Å²) in [5, 5.41) is 3.96. The molecule has 0 aromatic heterocycles. The smallest absolute Gasteiger partial charge is 0.251 e. The van der Waals surface area contributed by atoms with Crippen LogP contribution in [-0.4, -0.2) is 17.3 Å². The van der Waals surface area contributed by atoms with Crippen molar-refractivity contribution < 1.29 is 4.79 Å². The monoisotopic (exact) mass is 439 g/mol. The molecule has 0 aliphatic heterocycles. The van der Waals surface area contributed by atoms with E-state index in [1.54, 1.807) is 0 Å². The lowest BCUT2D eigenvalue weighted by atomic mass is 10.0. The molecule has 18 heavy (non-hydrogen) atoms. The van der Waals surface area contributed by atoms with Crippen molar-refractivity contribution in [1.29, 1.82) is 0 Å². The number of rotatable bonds is 5. The van der Waals surface area contributed by atoms with Gasteiger partial charge in [-0.3, -0.25) is 4.79 Å². The number of amides is 1. The molecule has 1 aromatic rings. The predicted octanol–water partition coefficient (Wildman–Crippen LogP) is 4.75. The van der Waals surface area contributed by atoms with E-state index in [1.807, 2.05) is 18.2 Å². The Morgan fingerprint density at radius 2 is 1.78 bits per heavy atom. The Bertz CT molecular complexity index is 400. The molecule has 5 heteroatoms. The molecule has 0 saturated carbocycles. The molecule has 0 heterocycles. The molecule has 1 N–H and O–H groups in total. The summed E-state index contributed by atoms with van der Waals surface area (Å²) in [7, 11) is 0. The fraction of sp³-hybridized carbons (Fsp3) is 0.462. The first-order valence-corrected chi connectivity index (χ1v) is 8.47. The van der Waals surface area contributed by atoms with Gasteiger partial charge in [-0.15, -0.1) is 0 Å². The molecule has 1 unspecified atom stereocenters. The first-order chi connectivity index (χ1) is 8.43. The molecule has 0 bridgehead atoms. The number of halogens is 3. The van der Waals surface area contributed by atoms with E-state index in [1.165, 1.54) is 0 Å². The molecule has 0 saturated heterocycles. The van der Waals surface area contributed by atoms with Gasteiger partial charge in [0.2, 0.25) is 0 Å². The highest BCUT2D eigenvalue weighted by molar-refractivity contribution is 9.11. The van der Waals surface area contributed by atoms with Crippen LogP contribution in [0.4, 0.5) is 0 Å². The van der Waals surface area contributed by atoms with Crippen molar-refractivity contribution in [2.45, 2.75) is 26.3 Å². The number of alkyl halides is 1. The maximum absolute atomic E-state index is 12.2. The highest BCUT2D eigenvalue weighted by Gasteiger charge is 2.17. The van der Waals surface area contributed by atoms with E-state index in [0.29, 0.717) is 11.5 Å². The molecular formula is C13H16Br3NO. The molecule has 0 radical (unpaired) electrons. The largest absolute Gasteiger partial charge is 0.349 e. The van der Waals surface area contributed by atoms with Crippen LogP contribution in [0.25, 0.3) is 0 Å². The highest BCUT2D eigenvalue weighted by atomic mass is 79.9. The van der Waals surface area contributed by atoms with Gasteiger partial charge in [0.1, 0.15) is 0 Å². The molecule has 100 valence electrons. The molecule has 1 aromatic carbocycles. The van der Waals surface area contributed by atoms with Crippen LogP contribution in [-0.2, 0) is 0 Å². The topological polar surface area (TPSA) is 29.1 Å². The van der Waals surface area contributed by atoms with Crippen LogP contribution in [0.5, 0.6) is 0 Å². The third-order valence-corrected chi connectivity index (χ3v) is 4.04. The van der Waals surface area contributed by atoms with E-state index < -0.39 is 0 Å². The van der Waals surface area contributed by atoms with Crippen molar-refractivity contribution in [3.8, 4) is 0 Å². The molecule has 1 atom stereocenters. The first-order valence-electron chi connectivity index (χ1n) is 5.77. The van der Waals surface area contributed by atoms with Crippen LogP contribution in [0.15, 0.2) is 27.1 Å². The molecule has 2 nitrogen and oxygen atoms in total. The van der Waals surface area contributed by atoms with Crippen LogP contribution in [0.3, 0.4) is 0 Å². The second kappa shape index (κ2) is 7.65. The summed E-state index contributed by atoms with van der Waals surface area (Å²) in [5.74, 6) is 0.388. The number of carbonyl (C=O) groups excluding carboxylic acids is 1. The Labute approximate surface area is 133 Å². The van der Waals surface area contributed by atoms with Gasteiger partial charge in [0, 0.05) is 25.9 Å². The summed E-state index contributed by atoms with van der Waals surface area (Å²) in [6, 6.07) is 5.75. The summed E-state index contributed by atoms with van der Waals surface area (Å²) < 4.78 is 1.78. The number of benzene rings is 1. The van der Waals surface area contributed by atoms with E-state index >= 15 is 0 Å². The van der Waals surface area contributed by atoms with Gasteiger partial charge < -0.3 is 5.32 Å². The van der Waals surface area contributed by atoms with E-state index in [2.05, 4.69) is 67.0 Å². The van der Waals surface area contributed by atoms with Gasteiger partial charge in [0.05, 0.1) is 0 Å². The van der Waals surface area contributed by atoms with Crippen LogP contribution < -0.4 is 5.32 Å². The average molecular weight is 442 g/mol. The molecule has 0 aliphatic rings. The maximum Gasteiger partial charge on any atom is 0.251 e. The number of hydrogen-bond acceptors (Lipinski definition) is 1. The first kappa shape index (κ1) is 16.2. The second-order valence-electron chi connectivity index (χ2n) is 4.46. The van der Waals surface area contributed by atoms with Crippen molar-refractivity contribution >= 4 is 53.7 Å². The van der Waals surface area contributed by atoms with E-state index in [9.17, 15) is 4.79 Å². The summed E-state index contributed by atoms with van der Waals surface area (Å²) in [4.78, 5) is 12.2. The zero-order chi connectivity index (χ0) is 13.7. The van der Waals surface area contributed by atoms with Gasteiger partial charge in [-0.1, -0.05) is 61.6 Å². The highest BCUT2D eigenvalue weighted by Crippen LogP contribution is 2.20. The third kappa shape index (κ3) is 5.02. The molecule has 1 amide bonds. The van der Waals surface area contributed by atoms with Gasteiger partial charge in [0.15, 0.2) is 0 Å². The van der Waals surface area contributed by atoms with E-state index in [-0.39, 0.29) is 11.9 Å². The number of nitrogens with one attached hydrogen (secondary N) is 1. The lowest BCUT2D eigenvalue weighted by molar-refractivity contribution is 0.0925. The second-order valence-corrected chi connectivity index (χ2v) is 7.08. The molecule has 1 rings (SSSR count). The summed E-state index contributed by atoms with van der Waals surface area (Å²) >= 11 is 10.2. The molecule has 0 aliphatic carbocycles. The van der Waals surface area contributed by atoms with Gasteiger partial charge in [-0.05, 0) is 30.5 Å². The zero-order valence-corrected chi connectivity index (χ0v) is 15.1. The lowest BCUT2D eigenvalue weighted by Gasteiger charge is -2.21. The standard InChI is InChI=1S/C13H16Br3NO/c1-8(2)12(3-4-14)17-13(18)9-5-10(15)7-11(16)6-9/h5-8,12H,3-4H2,1-2H3,(H,17,18). The Kier molecular flexibility index (Phi) is 6.88. The summed E-state index contributed by atoms with van der Waals surface area (Å²) in [6.45, 7) is 4.23. The third-order valence-electron chi connectivity index (χ3n) is 2.67. The van der Waals surface area contributed by atoms with Crippen LogP contribution in [0, 0.1) is 5.92 Å². The fourth-order valence-electron chi connectivity index (χ4n) is 1.63. The van der Waals surface area contributed by atoms with Crippen molar-refractivity contribution in [1.82, 2.24) is 5.32 Å². The lowest BCUT2D eigenvalue weighted by Crippen LogP contribution is -2.38. The van der Waals surface area contributed by atoms with Crippen molar-refractivity contribution in [2.75, 3.05) is 5.33 Å². The van der Waals surface area contributed by atoms with Gasteiger partial charge in [0.25, 0.3) is 5.91 Å². The Balaban J connectivity index is 2.80. The van der Waals surface area contributed by atoms with E-state index in [4.69, 9.17) is 0 Å². The quantitative estimate of drug-likeness (QED) is 0.656. The normalized spacial score (nSPS) is 12.6. The minimum atomic E-state index is -0.0309. The van der Waals surface area contributed by atoms with Gasteiger partial charge in [-0.2, -0.15) is 0 Å². The van der Waals surface area contributed by atoms with E-state index in [0.717, 1.165) is 20.7 Å². The van der Waals surface area contributed by atoms with Crippen molar-refractivity contribution in [2.24, 2.45) is 5.92 Å². The van der Waals surface area contributed by atoms with Gasteiger partial charge >= 0.3 is 0 Å². The summed E-state index contributed by atoms with van der Waals surface area (Å²) in [6.07, 6.45) is 0.929. The maximum atomic E-state index is 12.2. The van der Waals surface area contributed by atoms with Crippen molar-refractivity contribution in [3.05, 3.63) is 32.7 Å². The van der Waals surface area contributed by atoms with Gasteiger partial charge in [-0.25, -0.2) is 0 Å². The van der Waals surface area contributed by atoms with Crippen LogP contribution in [0.2, 0.25) is 0 Å². The van der Waals surface area contributed by atoms with Crippen molar-refractivity contribution in [3.63, 3.8) is 0 Å². The average Bonchev–Trinajstić information content (AvgIpc) is 2.26. The number of hydrogen-bond donors (Lipinski definition) is 1. The predicted molar refractivity (Wildman–Crippen MR) is 86.3 cm³/mol. The molecule has 0 fully saturated rings.